The summed E-state index contributed by atoms with van der Waals surface area (Å²) < 4.78 is 0. The predicted octanol–water partition coefficient (Wildman–Crippen LogP) is 3.34. The van der Waals surface area contributed by atoms with Crippen LogP contribution in [0, 0.1) is 5.41 Å². The molecule has 2 rings (SSSR count). The lowest BCUT2D eigenvalue weighted by Gasteiger charge is -2.37. The molecule has 2 aliphatic rings. The molecule has 0 aromatic rings. The smallest absolute Gasteiger partial charge is 0.274 e. The molecule has 0 aromatic heterocycles. The summed E-state index contributed by atoms with van der Waals surface area (Å²) in [7, 11) is 0. The van der Waals surface area contributed by atoms with Gasteiger partial charge in [0.05, 0.1) is 0 Å². The fourth-order valence-corrected chi connectivity index (χ4v) is 4.06. The van der Waals surface area contributed by atoms with Crippen LogP contribution in [0.15, 0.2) is 0 Å². The number of carbonyl (C=O) groups is 2. The first-order chi connectivity index (χ1) is 8.67. The molecule has 1 saturated heterocycles. The Kier molecular flexibility index (Phi) is 5.01. The van der Waals surface area contributed by atoms with Gasteiger partial charge in [-0.15, -0.1) is 0 Å². The van der Waals surface area contributed by atoms with Gasteiger partial charge in [0.15, 0.2) is 0 Å². The molecule has 3 nitrogen and oxygen atoms in total. The van der Waals surface area contributed by atoms with Crippen molar-refractivity contribution in [2.75, 3.05) is 18.1 Å². The first-order valence-electron chi connectivity index (χ1n) is 6.75. The molecule has 2 fully saturated rings. The monoisotopic (exact) mass is 287 g/mol. The molecule has 1 aliphatic heterocycles. The van der Waals surface area contributed by atoms with Crippen LogP contribution in [0.5, 0.6) is 0 Å². The fraction of sp³-hybridized carbons (Fsp3) is 0.846. The molecule has 102 valence electrons. The highest BCUT2D eigenvalue weighted by Crippen LogP contribution is 2.38. The van der Waals surface area contributed by atoms with E-state index < -0.39 is 0 Å². The molecule has 18 heavy (non-hydrogen) atoms. The molecule has 0 radical (unpaired) electrons. The number of hydrogen-bond donors (Lipinski definition) is 1. The lowest BCUT2D eigenvalue weighted by molar-refractivity contribution is -0.128. The minimum Gasteiger partial charge on any atom is -0.274 e. The second-order valence-electron chi connectivity index (χ2n) is 5.42. The van der Waals surface area contributed by atoms with Crippen molar-refractivity contribution in [2.24, 2.45) is 5.41 Å². The average Bonchev–Trinajstić information content (AvgIpc) is 2.60. The van der Waals surface area contributed by atoms with Gasteiger partial charge in [-0.05, 0) is 24.0 Å². The number of nitrogens with zero attached hydrogens (tertiary/aromatic N) is 1. The maximum Gasteiger partial charge on any atom is 0.288 e. The van der Waals surface area contributed by atoms with Crippen LogP contribution in [0.2, 0.25) is 0 Å². The summed E-state index contributed by atoms with van der Waals surface area (Å²) in [5.74, 6) is 1.42. The van der Waals surface area contributed by atoms with Gasteiger partial charge in [0, 0.05) is 18.7 Å². The van der Waals surface area contributed by atoms with Crippen LogP contribution < -0.4 is 0 Å². The van der Waals surface area contributed by atoms with Crippen molar-refractivity contribution in [3.05, 3.63) is 0 Å². The van der Waals surface area contributed by atoms with Gasteiger partial charge in [0.25, 0.3) is 5.24 Å². The van der Waals surface area contributed by atoms with Crippen molar-refractivity contribution in [2.45, 2.75) is 44.9 Å². The van der Waals surface area contributed by atoms with Gasteiger partial charge in [-0.2, -0.15) is 12.6 Å². The van der Waals surface area contributed by atoms with Crippen molar-refractivity contribution < 1.29 is 9.59 Å². The Morgan fingerprint density at radius 2 is 1.83 bits per heavy atom. The summed E-state index contributed by atoms with van der Waals surface area (Å²) in [6, 6.07) is 0. The van der Waals surface area contributed by atoms with Crippen LogP contribution in [0.3, 0.4) is 0 Å². The van der Waals surface area contributed by atoms with Crippen molar-refractivity contribution in [3.8, 4) is 0 Å². The Hall–Kier alpha value is -0.160. The van der Waals surface area contributed by atoms with Crippen molar-refractivity contribution in [3.63, 3.8) is 0 Å². The van der Waals surface area contributed by atoms with E-state index in [1.54, 1.807) is 0 Å². The lowest BCUT2D eigenvalue weighted by Crippen LogP contribution is -2.46. The minimum atomic E-state index is -0.0587. The zero-order chi connectivity index (χ0) is 13.0. The van der Waals surface area contributed by atoms with Crippen molar-refractivity contribution in [1.29, 1.82) is 0 Å². The van der Waals surface area contributed by atoms with Gasteiger partial charge in [0.2, 0.25) is 5.91 Å². The molecule has 1 aliphatic carbocycles. The van der Waals surface area contributed by atoms with E-state index in [4.69, 9.17) is 0 Å². The number of hydrogen-bond acceptors (Lipinski definition) is 4. The molecule has 5 heteroatoms. The van der Waals surface area contributed by atoms with Crippen molar-refractivity contribution >= 4 is 35.5 Å². The van der Waals surface area contributed by atoms with Gasteiger partial charge in [-0.3, -0.25) is 14.5 Å². The maximum absolute atomic E-state index is 11.9. The second-order valence-corrected chi connectivity index (χ2v) is 6.78. The third-order valence-corrected chi connectivity index (χ3v) is 5.60. The molecular formula is C13H21NO2S2. The van der Waals surface area contributed by atoms with Crippen LogP contribution in [0.1, 0.15) is 44.9 Å². The molecule has 0 bridgehead atoms. The maximum atomic E-state index is 11.9. The van der Waals surface area contributed by atoms with Gasteiger partial charge in [0.1, 0.15) is 0 Å². The van der Waals surface area contributed by atoms with E-state index in [2.05, 4.69) is 12.6 Å². The standard InChI is InChI=1S/C13H21NO2S2/c15-11-5-8-18-12(16)14(11)9-13(10-17)6-3-1-2-4-7-13/h17H,1-10H2. The first kappa shape index (κ1) is 14.3. The molecule has 0 aromatic carbocycles. The van der Waals surface area contributed by atoms with Crippen LogP contribution >= 0.6 is 24.4 Å². The SMILES string of the molecule is O=C1CCSC(=O)N1CC1(CS)CCCCCC1. The van der Waals surface area contributed by atoms with Gasteiger partial charge in [-0.25, -0.2) is 0 Å². The summed E-state index contributed by atoms with van der Waals surface area (Å²) >= 11 is 5.77. The third kappa shape index (κ3) is 3.23. The number of imide groups is 1. The van der Waals surface area contributed by atoms with E-state index in [-0.39, 0.29) is 16.6 Å². The lowest BCUT2D eigenvalue weighted by atomic mass is 9.81. The fourth-order valence-electron chi connectivity index (χ4n) is 2.87. The van der Waals surface area contributed by atoms with Crippen LogP contribution in [0.25, 0.3) is 0 Å². The van der Waals surface area contributed by atoms with Gasteiger partial charge >= 0.3 is 0 Å². The molecule has 2 amide bonds. The second kappa shape index (κ2) is 6.33. The molecule has 0 unspecified atom stereocenters. The largest absolute Gasteiger partial charge is 0.288 e. The summed E-state index contributed by atoms with van der Waals surface area (Å²) in [4.78, 5) is 25.2. The highest BCUT2D eigenvalue weighted by molar-refractivity contribution is 8.13. The van der Waals surface area contributed by atoms with E-state index in [0.717, 1.165) is 18.6 Å². The van der Waals surface area contributed by atoms with Crippen LogP contribution in [0.4, 0.5) is 4.79 Å². The van der Waals surface area contributed by atoms with E-state index in [9.17, 15) is 9.59 Å². The zero-order valence-electron chi connectivity index (χ0n) is 10.7. The van der Waals surface area contributed by atoms with E-state index in [0.29, 0.717) is 18.7 Å². The molecule has 0 atom stereocenters. The topological polar surface area (TPSA) is 37.4 Å². The normalized spacial score (nSPS) is 25.1. The Bertz CT molecular complexity index is 309. The number of thioether (sulfide) groups is 1. The number of rotatable bonds is 3. The number of thiol groups is 1. The Labute approximate surface area is 118 Å². The zero-order valence-corrected chi connectivity index (χ0v) is 12.4. The molecule has 1 saturated carbocycles. The Morgan fingerprint density at radius 3 is 2.39 bits per heavy atom. The minimum absolute atomic E-state index is 0.00385. The predicted molar refractivity (Wildman–Crippen MR) is 78.2 cm³/mol. The van der Waals surface area contributed by atoms with E-state index in [1.165, 1.54) is 42.3 Å². The van der Waals surface area contributed by atoms with Gasteiger partial charge < -0.3 is 0 Å². The van der Waals surface area contributed by atoms with E-state index >= 15 is 0 Å². The summed E-state index contributed by atoms with van der Waals surface area (Å²) in [5, 5.41) is -0.0587. The Balaban J connectivity index is 2.07. The molecule has 0 spiro atoms. The highest BCUT2D eigenvalue weighted by atomic mass is 32.2. The molecule has 1 heterocycles. The van der Waals surface area contributed by atoms with Crippen molar-refractivity contribution in [1.82, 2.24) is 4.90 Å². The van der Waals surface area contributed by atoms with Crippen LogP contribution in [-0.2, 0) is 4.79 Å². The highest BCUT2D eigenvalue weighted by Gasteiger charge is 2.37. The Morgan fingerprint density at radius 1 is 1.17 bits per heavy atom. The van der Waals surface area contributed by atoms with E-state index in [1.807, 2.05) is 0 Å². The quantitative estimate of drug-likeness (QED) is 0.639. The first-order valence-corrected chi connectivity index (χ1v) is 8.37. The number of carbonyl (C=O) groups excluding carboxylic acids is 2. The van der Waals surface area contributed by atoms with Crippen LogP contribution in [-0.4, -0.2) is 34.1 Å². The summed E-state index contributed by atoms with van der Waals surface area (Å²) in [6.45, 7) is 0.584. The molecule has 0 N–H and O–H groups in total. The summed E-state index contributed by atoms with van der Waals surface area (Å²) in [5.41, 5.74) is 0.0584. The van der Waals surface area contributed by atoms with Gasteiger partial charge in [-0.1, -0.05) is 37.4 Å². The third-order valence-electron chi connectivity index (χ3n) is 4.06. The molecular weight excluding hydrogens is 266 g/mol. The average molecular weight is 287 g/mol. The summed E-state index contributed by atoms with van der Waals surface area (Å²) in [6.07, 6.45) is 7.63. The number of amides is 2.